The Morgan fingerprint density at radius 1 is 0.867 bits per heavy atom. The lowest BCUT2D eigenvalue weighted by Gasteiger charge is -2.42. The molecule has 2 aromatic carbocycles. The molecule has 1 aliphatic carbocycles. The van der Waals surface area contributed by atoms with Crippen LogP contribution in [0.25, 0.3) is 0 Å². The van der Waals surface area contributed by atoms with Gasteiger partial charge in [-0.15, -0.1) is 0 Å². The van der Waals surface area contributed by atoms with Gasteiger partial charge < -0.3 is 14.5 Å². The number of piperidine rings is 1. The molecule has 2 aromatic rings. The summed E-state index contributed by atoms with van der Waals surface area (Å²) in [6.07, 6.45) is 9.50. The van der Waals surface area contributed by atoms with Crippen molar-refractivity contribution < 1.29 is 8.95 Å². The van der Waals surface area contributed by atoms with Gasteiger partial charge in [-0.05, 0) is 74.2 Å². The Morgan fingerprint density at radius 3 is 2.00 bits per heavy atom. The molecule has 0 bridgehead atoms. The molecule has 0 N–H and O–H groups in total. The summed E-state index contributed by atoms with van der Waals surface area (Å²) in [4.78, 5) is 6.79. The van der Waals surface area contributed by atoms with Gasteiger partial charge in [-0.25, -0.2) is 4.21 Å². The molecule has 1 aliphatic heterocycles. The Morgan fingerprint density at radius 2 is 1.43 bits per heavy atom. The van der Waals surface area contributed by atoms with Crippen LogP contribution in [-0.4, -0.2) is 48.4 Å². The zero-order chi connectivity index (χ0) is 20.9. The van der Waals surface area contributed by atoms with E-state index in [0.29, 0.717) is 6.04 Å². The van der Waals surface area contributed by atoms with Gasteiger partial charge in [0.2, 0.25) is 0 Å². The van der Waals surface area contributed by atoms with Gasteiger partial charge in [0.25, 0.3) is 0 Å². The van der Waals surface area contributed by atoms with E-state index in [1.54, 1.807) is 7.11 Å². The highest BCUT2D eigenvalue weighted by Gasteiger charge is 2.28. The van der Waals surface area contributed by atoms with Gasteiger partial charge in [0.05, 0.1) is 17.9 Å². The van der Waals surface area contributed by atoms with E-state index in [2.05, 4.69) is 29.0 Å². The second kappa shape index (κ2) is 9.97. The first kappa shape index (κ1) is 21.4. The van der Waals surface area contributed by atoms with E-state index in [4.69, 9.17) is 4.74 Å². The first-order valence-electron chi connectivity index (χ1n) is 11.3. The Kier molecular flexibility index (Phi) is 7.11. The van der Waals surface area contributed by atoms with Crippen molar-refractivity contribution in [3.8, 4) is 5.75 Å². The van der Waals surface area contributed by atoms with Crippen molar-refractivity contribution in [2.45, 2.75) is 66.8 Å². The highest BCUT2D eigenvalue weighted by Crippen LogP contribution is 2.29. The van der Waals surface area contributed by atoms with Crippen molar-refractivity contribution in [1.29, 1.82) is 0 Å². The van der Waals surface area contributed by atoms with Crippen LogP contribution in [0.3, 0.4) is 0 Å². The molecule has 1 unspecified atom stereocenters. The molecule has 4 nitrogen and oxygen atoms in total. The Hall–Kier alpha value is -1.85. The van der Waals surface area contributed by atoms with Crippen molar-refractivity contribution in [3.05, 3.63) is 48.5 Å². The van der Waals surface area contributed by atoms with Gasteiger partial charge in [0.15, 0.2) is 0 Å². The summed E-state index contributed by atoms with van der Waals surface area (Å²) < 4.78 is 18.1. The molecular formula is C25H34N2O2S. The van der Waals surface area contributed by atoms with Crippen LogP contribution in [0.5, 0.6) is 5.75 Å². The second-order valence-electron chi connectivity index (χ2n) is 8.61. The quantitative estimate of drug-likeness (QED) is 0.644. The maximum atomic E-state index is 12.9. The van der Waals surface area contributed by atoms with E-state index >= 15 is 0 Å². The van der Waals surface area contributed by atoms with Crippen molar-refractivity contribution >= 4 is 16.5 Å². The molecule has 5 heteroatoms. The van der Waals surface area contributed by atoms with Gasteiger partial charge >= 0.3 is 0 Å². The van der Waals surface area contributed by atoms with Crippen LogP contribution in [0.1, 0.15) is 44.9 Å². The predicted molar refractivity (Wildman–Crippen MR) is 124 cm³/mol. The fourth-order valence-corrected chi connectivity index (χ4v) is 5.97. The normalized spacial score (nSPS) is 20.1. The third-order valence-electron chi connectivity index (χ3n) is 6.87. The average Bonchev–Trinajstić information content (AvgIpc) is 2.84. The number of ether oxygens (including phenoxy) is 1. The summed E-state index contributed by atoms with van der Waals surface area (Å²) in [7, 11) is 2.67. The number of hydrogen-bond donors (Lipinski definition) is 0. The minimum atomic E-state index is -1.17. The third kappa shape index (κ3) is 4.89. The molecule has 2 aliphatic rings. The lowest BCUT2D eigenvalue weighted by Crippen LogP contribution is -2.47. The van der Waals surface area contributed by atoms with Crippen molar-refractivity contribution in [3.63, 3.8) is 0 Å². The maximum Gasteiger partial charge on any atom is 0.118 e. The van der Waals surface area contributed by atoms with Crippen LogP contribution >= 0.6 is 0 Å². The Labute approximate surface area is 183 Å². The highest BCUT2D eigenvalue weighted by molar-refractivity contribution is 7.85. The van der Waals surface area contributed by atoms with Gasteiger partial charge in [-0.2, -0.15) is 0 Å². The van der Waals surface area contributed by atoms with Crippen molar-refractivity contribution in [2.24, 2.45) is 0 Å². The van der Waals surface area contributed by atoms with Crippen molar-refractivity contribution in [2.75, 3.05) is 32.1 Å². The van der Waals surface area contributed by atoms with Crippen LogP contribution < -0.4 is 9.64 Å². The summed E-state index contributed by atoms with van der Waals surface area (Å²) >= 11 is 0. The third-order valence-corrected chi connectivity index (χ3v) is 8.27. The minimum absolute atomic E-state index is 0.586. The largest absolute Gasteiger partial charge is 0.497 e. The van der Waals surface area contributed by atoms with Crippen LogP contribution in [0.2, 0.25) is 0 Å². The molecule has 0 amide bonds. The van der Waals surface area contributed by atoms with E-state index < -0.39 is 10.8 Å². The van der Waals surface area contributed by atoms with Crippen LogP contribution in [0.15, 0.2) is 58.3 Å². The van der Waals surface area contributed by atoms with E-state index in [9.17, 15) is 4.21 Å². The van der Waals surface area contributed by atoms with E-state index in [1.807, 2.05) is 36.4 Å². The topological polar surface area (TPSA) is 32.8 Å². The summed E-state index contributed by atoms with van der Waals surface area (Å²) in [6.45, 7) is 2.44. The first-order valence-corrected chi connectivity index (χ1v) is 12.4. The maximum absolute atomic E-state index is 12.9. The molecule has 1 saturated carbocycles. The zero-order valence-electron chi connectivity index (χ0n) is 18.3. The number of nitrogens with zero attached hydrogens (tertiary/aromatic N) is 2. The summed E-state index contributed by atoms with van der Waals surface area (Å²) in [6, 6.07) is 17.1. The minimum Gasteiger partial charge on any atom is -0.497 e. The number of hydrogen-bond acceptors (Lipinski definition) is 4. The van der Waals surface area contributed by atoms with Crippen molar-refractivity contribution in [1.82, 2.24) is 4.90 Å². The van der Waals surface area contributed by atoms with Gasteiger partial charge in [-0.3, -0.25) is 0 Å². The number of likely N-dealkylation sites (tertiary alicyclic amines) is 1. The summed E-state index contributed by atoms with van der Waals surface area (Å²) in [5, 5.41) is 0. The summed E-state index contributed by atoms with van der Waals surface area (Å²) in [5.74, 6) is 0.780. The average molecular weight is 427 g/mol. The fraction of sp³-hybridized carbons (Fsp3) is 0.520. The zero-order valence-corrected chi connectivity index (χ0v) is 19.1. The molecule has 30 heavy (non-hydrogen) atoms. The number of methoxy groups -OCH3 is 1. The second-order valence-corrected chi connectivity index (χ2v) is 10.1. The smallest absolute Gasteiger partial charge is 0.118 e. The molecule has 162 valence electrons. The van der Waals surface area contributed by atoms with Crippen LogP contribution in [0, 0.1) is 0 Å². The van der Waals surface area contributed by atoms with Gasteiger partial charge in [-0.1, -0.05) is 19.3 Å². The highest BCUT2D eigenvalue weighted by atomic mass is 32.2. The molecule has 1 atom stereocenters. The monoisotopic (exact) mass is 426 g/mol. The van der Waals surface area contributed by atoms with Crippen LogP contribution in [-0.2, 0) is 10.8 Å². The van der Waals surface area contributed by atoms with Gasteiger partial charge in [0.1, 0.15) is 5.75 Å². The Balaban J connectivity index is 1.34. The predicted octanol–water partition coefficient (Wildman–Crippen LogP) is 5.10. The van der Waals surface area contributed by atoms with Crippen LogP contribution in [0.4, 0.5) is 5.69 Å². The molecular weight excluding hydrogens is 392 g/mol. The summed E-state index contributed by atoms with van der Waals surface area (Å²) in [5.41, 5.74) is 1.21. The lowest BCUT2D eigenvalue weighted by molar-refractivity contribution is 0.122. The van der Waals surface area contributed by atoms with E-state index in [0.717, 1.165) is 21.6 Å². The lowest BCUT2D eigenvalue weighted by atomic mass is 9.92. The number of rotatable bonds is 6. The molecule has 0 spiro atoms. The van der Waals surface area contributed by atoms with E-state index in [1.165, 1.54) is 63.7 Å². The van der Waals surface area contributed by atoms with Gasteiger partial charge in [0, 0.05) is 47.7 Å². The molecule has 4 rings (SSSR count). The Bertz CT molecular complexity index is 823. The number of anilines is 1. The fourth-order valence-electron chi connectivity index (χ4n) is 4.94. The molecule has 0 aromatic heterocycles. The molecule has 2 fully saturated rings. The molecule has 1 saturated heterocycles. The first-order chi connectivity index (χ1) is 14.7. The number of benzene rings is 2. The standard InChI is InChI=1S/C25H34N2O2S/c1-26(21-16-18-27(19-17-21)22-6-4-3-5-7-22)20-8-12-24(13-9-20)30(28)25-14-10-23(29-2)11-15-25/h8-15,21-22H,3-7,16-19H2,1-2H3. The molecule has 0 radical (unpaired) electrons. The molecule has 1 heterocycles. The van der Waals surface area contributed by atoms with E-state index in [-0.39, 0.29) is 0 Å². The SMILES string of the molecule is COc1ccc(S(=O)c2ccc(N(C)C3CCN(C4CCCCC4)CC3)cc2)cc1.